The number of benzene rings is 1. The van der Waals surface area contributed by atoms with Gasteiger partial charge in [-0.05, 0) is 30.7 Å². The minimum absolute atomic E-state index is 0.0103. The molecule has 0 aliphatic carbocycles. The van der Waals surface area contributed by atoms with Gasteiger partial charge < -0.3 is 14.4 Å². The van der Waals surface area contributed by atoms with Crippen LogP contribution in [0, 0.1) is 0 Å². The molecule has 2 heterocycles. The Morgan fingerprint density at radius 3 is 2.38 bits per heavy atom. The number of amides is 1. The lowest BCUT2D eigenvalue weighted by molar-refractivity contribution is -0.376. The van der Waals surface area contributed by atoms with Crippen molar-refractivity contribution in [1.82, 2.24) is 0 Å². The average Bonchev–Trinajstić information content (AvgIpc) is 3.18. The van der Waals surface area contributed by atoms with Gasteiger partial charge in [0.25, 0.3) is 11.5 Å². The summed E-state index contributed by atoms with van der Waals surface area (Å²) in [5.41, 5.74) is -6.23. The first kappa shape index (κ1) is 21.6. The van der Waals surface area contributed by atoms with Gasteiger partial charge in [0.2, 0.25) is 0 Å². The fraction of sp³-hybridized carbons (Fsp3) is 0.389. The van der Waals surface area contributed by atoms with Crippen LogP contribution < -0.4 is 4.90 Å². The first-order chi connectivity index (χ1) is 13.4. The number of fused-ring (bicyclic) bond motifs is 1. The third-order valence-corrected chi connectivity index (χ3v) is 6.00. The second-order valence-electron chi connectivity index (χ2n) is 6.43. The number of carbonyl (C=O) groups excluding carboxylic acids is 1. The summed E-state index contributed by atoms with van der Waals surface area (Å²) in [4.78, 5) is 14.0. The van der Waals surface area contributed by atoms with Gasteiger partial charge in [-0.25, -0.2) is 0 Å². The van der Waals surface area contributed by atoms with Gasteiger partial charge in [-0.1, -0.05) is 13.0 Å². The lowest BCUT2D eigenvalue weighted by atomic mass is 9.92. The summed E-state index contributed by atoms with van der Waals surface area (Å²) in [6, 6.07) is 5.05. The fourth-order valence-corrected chi connectivity index (χ4v) is 4.24. The van der Waals surface area contributed by atoms with Crippen LogP contribution in [0.3, 0.4) is 0 Å². The van der Waals surface area contributed by atoms with Crippen LogP contribution in [-0.4, -0.2) is 35.2 Å². The quantitative estimate of drug-likeness (QED) is 0.675. The van der Waals surface area contributed by atoms with Crippen molar-refractivity contribution in [2.24, 2.45) is 0 Å². The molecule has 1 atom stereocenters. The van der Waals surface area contributed by atoms with Crippen molar-refractivity contribution in [2.75, 3.05) is 11.4 Å². The second kappa shape index (κ2) is 7.28. The van der Waals surface area contributed by atoms with Gasteiger partial charge in [0, 0.05) is 22.3 Å². The van der Waals surface area contributed by atoms with E-state index >= 15 is 0 Å². The Hall–Kier alpha value is -2.14. The number of rotatable bonds is 3. The topological polar surface area (TPSA) is 53.7 Å². The van der Waals surface area contributed by atoms with Crippen LogP contribution in [0.2, 0.25) is 0 Å². The van der Waals surface area contributed by atoms with Crippen LogP contribution in [0.4, 0.5) is 32.0 Å². The molecule has 11 heteroatoms. The number of carbonyl (C=O) groups is 1. The Balaban J connectivity index is 2.11. The molecule has 1 N–H and O–H groups in total. The van der Waals surface area contributed by atoms with E-state index in [0.717, 1.165) is 17.8 Å². The molecule has 0 spiro atoms. The van der Waals surface area contributed by atoms with Crippen LogP contribution in [-0.2, 0) is 5.60 Å². The molecule has 0 bridgehead atoms. The van der Waals surface area contributed by atoms with Crippen LogP contribution in [0.15, 0.2) is 45.9 Å². The standard InChI is InChI=1S/C18H15F6NO3S/c1-2-11-9-25(15(26)13-4-3-7-28-13)12-6-5-10(8-14(12)29-11)16(27,17(19,20)21)18(22,23)24/h3-8,11,27H,2,9H2,1H3. The van der Waals surface area contributed by atoms with E-state index in [9.17, 15) is 36.2 Å². The Kier molecular flexibility index (Phi) is 5.41. The summed E-state index contributed by atoms with van der Waals surface area (Å²) in [5.74, 6) is -0.575. The number of anilines is 1. The average molecular weight is 439 g/mol. The number of halogens is 6. The molecule has 1 aromatic carbocycles. The van der Waals surface area contributed by atoms with Crippen LogP contribution in [0.5, 0.6) is 0 Å². The zero-order chi connectivity index (χ0) is 21.6. The third kappa shape index (κ3) is 3.61. The maximum absolute atomic E-state index is 13.2. The highest BCUT2D eigenvalue weighted by molar-refractivity contribution is 8.00. The second-order valence-corrected chi connectivity index (χ2v) is 7.77. The maximum Gasteiger partial charge on any atom is 0.430 e. The summed E-state index contributed by atoms with van der Waals surface area (Å²) >= 11 is 1.06. The van der Waals surface area contributed by atoms with Crippen molar-refractivity contribution >= 4 is 23.4 Å². The lowest BCUT2D eigenvalue weighted by Crippen LogP contribution is -2.54. The molecule has 1 aromatic heterocycles. The van der Waals surface area contributed by atoms with Gasteiger partial charge in [-0.2, -0.15) is 26.3 Å². The molecule has 0 radical (unpaired) electrons. The van der Waals surface area contributed by atoms with Crippen molar-refractivity contribution < 1.29 is 40.7 Å². The van der Waals surface area contributed by atoms with E-state index in [2.05, 4.69) is 0 Å². The Morgan fingerprint density at radius 2 is 1.86 bits per heavy atom. The van der Waals surface area contributed by atoms with E-state index in [1.165, 1.54) is 23.3 Å². The molecule has 3 rings (SSSR count). The summed E-state index contributed by atoms with van der Waals surface area (Å²) in [7, 11) is 0. The predicted octanol–water partition coefficient (Wildman–Crippen LogP) is 5.12. The SMILES string of the molecule is CCC1CN(C(=O)c2ccco2)c2ccc(C(O)(C(F)(F)F)C(F)(F)F)cc2S1. The van der Waals surface area contributed by atoms with Crippen molar-refractivity contribution in [2.45, 2.75) is 41.4 Å². The van der Waals surface area contributed by atoms with E-state index in [1.807, 2.05) is 0 Å². The minimum Gasteiger partial charge on any atom is -0.459 e. The number of alkyl halides is 6. The zero-order valence-corrected chi connectivity index (χ0v) is 15.7. The molecule has 0 saturated carbocycles. The third-order valence-electron chi connectivity index (χ3n) is 4.60. The van der Waals surface area contributed by atoms with Gasteiger partial charge in [-0.3, -0.25) is 4.79 Å². The molecule has 2 aromatic rings. The van der Waals surface area contributed by atoms with Crippen LogP contribution in [0.25, 0.3) is 0 Å². The zero-order valence-electron chi connectivity index (χ0n) is 14.8. The predicted molar refractivity (Wildman–Crippen MR) is 92.8 cm³/mol. The number of nitrogens with zero attached hydrogens (tertiary/aromatic N) is 1. The molecule has 158 valence electrons. The van der Waals surface area contributed by atoms with Gasteiger partial charge in [-0.15, -0.1) is 11.8 Å². The maximum atomic E-state index is 13.2. The van der Waals surface area contributed by atoms with E-state index in [4.69, 9.17) is 4.42 Å². The molecule has 4 nitrogen and oxygen atoms in total. The largest absolute Gasteiger partial charge is 0.459 e. The highest BCUT2D eigenvalue weighted by Crippen LogP contribution is 2.52. The summed E-state index contributed by atoms with van der Waals surface area (Å²) in [5, 5.41) is 9.39. The Bertz CT molecular complexity index is 880. The lowest BCUT2D eigenvalue weighted by Gasteiger charge is -2.36. The molecule has 1 aliphatic heterocycles. The van der Waals surface area contributed by atoms with E-state index < -0.39 is 29.4 Å². The summed E-state index contributed by atoms with van der Waals surface area (Å²) in [6.07, 6.45) is -10.2. The smallest absolute Gasteiger partial charge is 0.430 e. The molecule has 1 unspecified atom stereocenters. The van der Waals surface area contributed by atoms with Crippen molar-refractivity contribution in [3.63, 3.8) is 0 Å². The molecular weight excluding hydrogens is 424 g/mol. The highest BCUT2D eigenvalue weighted by Gasteiger charge is 2.71. The van der Waals surface area contributed by atoms with Crippen molar-refractivity contribution in [3.8, 4) is 0 Å². The number of thioether (sulfide) groups is 1. The van der Waals surface area contributed by atoms with Gasteiger partial charge in [0.05, 0.1) is 12.0 Å². The van der Waals surface area contributed by atoms with E-state index in [1.54, 1.807) is 6.92 Å². The minimum atomic E-state index is -5.98. The molecule has 0 fully saturated rings. The van der Waals surface area contributed by atoms with Crippen molar-refractivity contribution in [3.05, 3.63) is 47.9 Å². The summed E-state index contributed by atoms with van der Waals surface area (Å²) in [6.45, 7) is 1.99. The molecule has 1 amide bonds. The molecule has 29 heavy (non-hydrogen) atoms. The van der Waals surface area contributed by atoms with Gasteiger partial charge >= 0.3 is 12.4 Å². The number of hydrogen-bond acceptors (Lipinski definition) is 4. The highest BCUT2D eigenvalue weighted by atomic mass is 32.2. The Morgan fingerprint density at radius 1 is 1.21 bits per heavy atom. The molecule has 0 saturated heterocycles. The fourth-order valence-electron chi connectivity index (χ4n) is 3.00. The first-order valence-electron chi connectivity index (χ1n) is 8.42. The van der Waals surface area contributed by atoms with E-state index in [-0.39, 0.29) is 28.1 Å². The Labute approximate surface area is 165 Å². The van der Waals surface area contributed by atoms with E-state index in [0.29, 0.717) is 18.6 Å². The molecular formula is C18H15F6NO3S. The van der Waals surface area contributed by atoms with Crippen LogP contribution >= 0.6 is 11.8 Å². The normalized spacial score (nSPS) is 17.9. The number of aliphatic hydroxyl groups is 1. The molecule has 1 aliphatic rings. The first-order valence-corrected chi connectivity index (χ1v) is 9.30. The summed E-state index contributed by atoms with van der Waals surface area (Å²) < 4.78 is 84.3. The van der Waals surface area contributed by atoms with Crippen molar-refractivity contribution in [1.29, 1.82) is 0 Å². The monoisotopic (exact) mass is 439 g/mol. The van der Waals surface area contributed by atoms with Gasteiger partial charge in [0.1, 0.15) is 0 Å². The van der Waals surface area contributed by atoms with Gasteiger partial charge in [0.15, 0.2) is 5.76 Å². The number of hydrogen-bond donors (Lipinski definition) is 1. The van der Waals surface area contributed by atoms with Crippen LogP contribution in [0.1, 0.15) is 29.5 Å². The number of furan rings is 1.